The van der Waals surface area contributed by atoms with E-state index in [1.165, 1.54) is 4.57 Å². The van der Waals surface area contributed by atoms with E-state index in [2.05, 4.69) is 25.5 Å². The highest BCUT2D eigenvalue weighted by Crippen LogP contribution is 2.33. The molecule has 158 valence electrons. The third-order valence-corrected chi connectivity index (χ3v) is 5.95. The topological polar surface area (TPSA) is 75.1 Å². The Morgan fingerprint density at radius 1 is 1.20 bits per heavy atom. The van der Waals surface area contributed by atoms with Gasteiger partial charge in [-0.3, -0.25) is 9.36 Å². The van der Waals surface area contributed by atoms with Crippen LogP contribution in [0.2, 0.25) is 10.0 Å². The fourth-order valence-corrected chi connectivity index (χ4v) is 4.30. The van der Waals surface area contributed by atoms with Gasteiger partial charge in [0.1, 0.15) is 5.65 Å². The van der Waals surface area contributed by atoms with Crippen LogP contribution >= 0.6 is 23.2 Å². The summed E-state index contributed by atoms with van der Waals surface area (Å²) in [5.41, 5.74) is 1.31. The van der Waals surface area contributed by atoms with Crippen LogP contribution < -0.4 is 16.2 Å². The highest BCUT2D eigenvalue weighted by Gasteiger charge is 2.16. The van der Waals surface area contributed by atoms with E-state index >= 15 is 0 Å². The Balaban J connectivity index is 1.53. The van der Waals surface area contributed by atoms with Crippen molar-refractivity contribution in [2.45, 2.75) is 6.42 Å². The molecule has 2 N–H and O–H groups in total. The maximum Gasteiger partial charge on any atom is 0.259 e. The predicted octanol–water partition coefficient (Wildman–Crippen LogP) is 3.01. The number of hydrogen-bond acceptors (Lipinski definition) is 6. The van der Waals surface area contributed by atoms with Gasteiger partial charge >= 0.3 is 0 Å². The molecule has 0 atom stereocenters. The van der Waals surface area contributed by atoms with E-state index in [0.29, 0.717) is 32.8 Å². The van der Waals surface area contributed by atoms with Crippen LogP contribution in [0.15, 0.2) is 35.3 Å². The molecular weight excluding hydrogens is 423 g/mol. The molecule has 1 fully saturated rings. The number of piperazine rings is 1. The Bertz CT molecular complexity index is 1090. The monoisotopic (exact) mass is 446 g/mol. The van der Waals surface area contributed by atoms with Crippen molar-refractivity contribution in [1.82, 2.24) is 24.8 Å². The first-order chi connectivity index (χ1) is 14.5. The summed E-state index contributed by atoms with van der Waals surface area (Å²) in [6.45, 7) is 6.10. The summed E-state index contributed by atoms with van der Waals surface area (Å²) in [6.07, 6.45) is 2.72. The van der Waals surface area contributed by atoms with Crippen molar-refractivity contribution in [3.63, 3.8) is 0 Å². The highest BCUT2D eigenvalue weighted by molar-refractivity contribution is 6.39. The minimum Gasteiger partial charge on any atom is -0.354 e. The molecule has 1 aliphatic rings. The van der Waals surface area contributed by atoms with Crippen molar-refractivity contribution in [1.29, 1.82) is 0 Å². The van der Waals surface area contributed by atoms with Gasteiger partial charge in [0.05, 0.1) is 15.6 Å². The van der Waals surface area contributed by atoms with Crippen LogP contribution in [-0.4, -0.2) is 58.7 Å². The van der Waals surface area contributed by atoms with Gasteiger partial charge in [0.2, 0.25) is 5.95 Å². The number of benzene rings is 1. The number of pyridine rings is 1. The lowest BCUT2D eigenvalue weighted by Gasteiger charge is -2.27. The lowest BCUT2D eigenvalue weighted by Crippen LogP contribution is -2.44. The van der Waals surface area contributed by atoms with Crippen molar-refractivity contribution in [3.05, 3.63) is 50.9 Å². The van der Waals surface area contributed by atoms with Gasteiger partial charge in [0, 0.05) is 56.9 Å². The molecule has 0 aliphatic carbocycles. The summed E-state index contributed by atoms with van der Waals surface area (Å²) in [5.74, 6) is 0.515. The molecule has 1 saturated heterocycles. The third kappa shape index (κ3) is 4.44. The molecule has 0 amide bonds. The smallest absolute Gasteiger partial charge is 0.259 e. The Hall–Kier alpha value is -2.19. The molecular formula is C21H24Cl2N6O. The van der Waals surface area contributed by atoms with Crippen LogP contribution in [0.5, 0.6) is 0 Å². The van der Waals surface area contributed by atoms with E-state index in [1.807, 2.05) is 0 Å². The summed E-state index contributed by atoms with van der Waals surface area (Å²) in [6, 6.07) is 6.94. The number of fused-ring (bicyclic) bond motifs is 1. The average Bonchev–Trinajstić information content (AvgIpc) is 2.75. The maximum absolute atomic E-state index is 13.0. The Kier molecular flexibility index (Phi) is 6.53. The fraction of sp³-hybridized carbons (Fsp3) is 0.381. The summed E-state index contributed by atoms with van der Waals surface area (Å²) in [7, 11) is 1.69. The summed E-state index contributed by atoms with van der Waals surface area (Å²) in [4.78, 5) is 24.4. The molecule has 2 aromatic heterocycles. The highest BCUT2D eigenvalue weighted by atomic mass is 35.5. The molecule has 0 saturated carbocycles. The lowest BCUT2D eigenvalue weighted by molar-refractivity contribution is 0.240. The predicted molar refractivity (Wildman–Crippen MR) is 123 cm³/mol. The number of nitrogens with one attached hydrogen (secondary N) is 2. The van der Waals surface area contributed by atoms with E-state index in [0.717, 1.165) is 51.1 Å². The summed E-state index contributed by atoms with van der Waals surface area (Å²) < 4.78 is 1.51. The molecule has 30 heavy (non-hydrogen) atoms. The second-order valence-corrected chi connectivity index (χ2v) is 8.18. The normalized spacial score (nSPS) is 14.9. The molecule has 3 aromatic rings. The Morgan fingerprint density at radius 2 is 1.93 bits per heavy atom. The number of halogens is 2. The first-order valence-electron chi connectivity index (χ1n) is 10.0. The van der Waals surface area contributed by atoms with E-state index in [9.17, 15) is 4.79 Å². The zero-order valence-corrected chi connectivity index (χ0v) is 18.3. The third-order valence-electron chi connectivity index (χ3n) is 5.32. The number of hydrogen-bond donors (Lipinski definition) is 2. The largest absolute Gasteiger partial charge is 0.354 e. The summed E-state index contributed by atoms with van der Waals surface area (Å²) >= 11 is 12.6. The average molecular weight is 447 g/mol. The molecule has 4 rings (SSSR count). The van der Waals surface area contributed by atoms with Gasteiger partial charge in [-0.15, -0.1) is 0 Å². The molecule has 0 radical (unpaired) electrons. The molecule has 9 heteroatoms. The number of nitrogens with zero attached hydrogens (tertiary/aromatic N) is 4. The van der Waals surface area contributed by atoms with Crippen molar-refractivity contribution < 1.29 is 0 Å². The molecule has 7 nitrogen and oxygen atoms in total. The minimum absolute atomic E-state index is 0.208. The number of anilines is 1. The van der Waals surface area contributed by atoms with Crippen LogP contribution in [0, 0.1) is 0 Å². The van der Waals surface area contributed by atoms with Crippen LogP contribution in [0.1, 0.15) is 6.42 Å². The van der Waals surface area contributed by atoms with Crippen molar-refractivity contribution >= 4 is 40.2 Å². The van der Waals surface area contributed by atoms with E-state index in [-0.39, 0.29) is 5.56 Å². The van der Waals surface area contributed by atoms with Crippen LogP contribution in [0.4, 0.5) is 5.95 Å². The van der Waals surface area contributed by atoms with Crippen LogP contribution in [0.3, 0.4) is 0 Å². The number of aryl methyl sites for hydroxylation is 1. The second-order valence-electron chi connectivity index (χ2n) is 7.36. The van der Waals surface area contributed by atoms with Gasteiger partial charge in [-0.05, 0) is 31.2 Å². The molecule has 0 spiro atoms. The van der Waals surface area contributed by atoms with Crippen molar-refractivity contribution in [3.8, 4) is 11.1 Å². The SMILES string of the molecule is Cn1c(=O)c(-c2c(Cl)cccc2Cl)cc2cnc(NCCCN3CCNCC3)nc21. The van der Waals surface area contributed by atoms with Crippen LogP contribution in [-0.2, 0) is 7.05 Å². The number of aromatic nitrogens is 3. The molecule has 3 heterocycles. The van der Waals surface area contributed by atoms with Gasteiger partial charge in [-0.1, -0.05) is 29.3 Å². The minimum atomic E-state index is -0.208. The molecule has 0 bridgehead atoms. The molecule has 1 aliphatic heterocycles. The van der Waals surface area contributed by atoms with Crippen LogP contribution in [0.25, 0.3) is 22.2 Å². The van der Waals surface area contributed by atoms with E-state index in [1.54, 1.807) is 37.5 Å². The standard InChI is InChI=1S/C21H24Cl2N6O/c1-28-19-14(12-15(20(28)30)18-16(22)4-2-5-17(18)23)13-26-21(27-19)25-6-3-9-29-10-7-24-8-11-29/h2,4-5,12-13,24H,3,6-11H2,1H3,(H,25,26,27). The van der Waals surface area contributed by atoms with Crippen molar-refractivity contribution in [2.75, 3.05) is 44.6 Å². The fourth-order valence-electron chi connectivity index (χ4n) is 3.70. The maximum atomic E-state index is 13.0. The zero-order valence-electron chi connectivity index (χ0n) is 16.8. The lowest BCUT2D eigenvalue weighted by atomic mass is 10.1. The van der Waals surface area contributed by atoms with E-state index in [4.69, 9.17) is 23.2 Å². The molecule has 1 aromatic carbocycles. The summed E-state index contributed by atoms with van der Waals surface area (Å²) in [5, 5.41) is 8.23. The van der Waals surface area contributed by atoms with Gasteiger partial charge in [-0.2, -0.15) is 4.98 Å². The van der Waals surface area contributed by atoms with Gasteiger partial charge in [-0.25, -0.2) is 4.98 Å². The molecule has 0 unspecified atom stereocenters. The second kappa shape index (κ2) is 9.31. The van der Waals surface area contributed by atoms with E-state index < -0.39 is 0 Å². The quantitative estimate of drug-likeness (QED) is 0.566. The zero-order chi connectivity index (χ0) is 21.1. The first kappa shape index (κ1) is 21.1. The Morgan fingerprint density at radius 3 is 2.67 bits per heavy atom. The first-order valence-corrected chi connectivity index (χ1v) is 10.8. The number of rotatable bonds is 6. The Labute approximate surface area is 185 Å². The van der Waals surface area contributed by atoms with Gasteiger partial charge < -0.3 is 15.5 Å². The van der Waals surface area contributed by atoms with Crippen molar-refractivity contribution in [2.24, 2.45) is 7.05 Å². The van der Waals surface area contributed by atoms with Gasteiger partial charge in [0.15, 0.2) is 0 Å². The van der Waals surface area contributed by atoms with Gasteiger partial charge in [0.25, 0.3) is 5.56 Å².